The molecule has 0 saturated carbocycles. The molecule has 1 fully saturated rings. The van der Waals surface area contributed by atoms with Crippen molar-refractivity contribution in [3.05, 3.63) is 29.3 Å². The van der Waals surface area contributed by atoms with Crippen LogP contribution in [0, 0.1) is 12.8 Å². The fourth-order valence-corrected chi connectivity index (χ4v) is 3.90. The molecule has 8 nitrogen and oxygen atoms in total. The monoisotopic (exact) mass is 384 g/mol. The molecule has 1 aliphatic rings. The van der Waals surface area contributed by atoms with E-state index >= 15 is 0 Å². The molecule has 1 amide bonds. The van der Waals surface area contributed by atoms with Gasteiger partial charge in [-0.25, -0.2) is 13.1 Å². The fourth-order valence-electron chi connectivity index (χ4n) is 2.86. The van der Waals surface area contributed by atoms with Gasteiger partial charge in [-0.2, -0.15) is 0 Å². The predicted octanol–water partition coefficient (Wildman–Crippen LogP) is 0.857. The lowest BCUT2D eigenvalue weighted by molar-refractivity contribution is -0.143. The van der Waals surface area contributed by atoms with Gasteiger partial charge in [0.2, 0.25) is 10.0 Å². The first-order valence-corrected chi connectivity index (χ1v) is 9.86. The molecule has 1 aromatic rings. The van der Waals surface area contributed by atoms with Crippen LogP contribution >= 0.6 is 0 Å². The highest BCUT2D eigenvalue weighted by Gasteiger charge is 2.28. The molecular formula is C17H24N2O6S. The van der Waals surface area contributed by atoms with Crippen LogP contribution in [0.15, 0.2) is 23.1 Å². The van der Waals surface area contributed by atoms with Gasteiger partial charge < -0.3 is 14.7 Å². The second kappa shape index (κ2) is 8.61. The number of likely N-dealkylation sites (tertiary alicyclic amines) is 1. The minimum absolute atomic E-state index is 0.0166. The van der Waals surface area contributed by atoms with Gasteiger partial charge in [-0.1, -0.05) is 6.07 Å². The SMILES string of the molecule is COCCNS(=O)(=O)c1ccc(C)c(C(=O)N2CCC(C(=O)O)CC2)c1. The lowest BCUT2D eigenvalue weighted by Crippen LogP contribution is -2.40. The van der Waals surface area contributed by atoms with E-state index in [1.165, 1.54) is 19.2 Å². The minimum atomic E-state index is -3.73. The summed E-state index contributed by atoms with van der Waals surface area (Å²) in [5, 5.41) is 9.05. The van der Waals surface area contributed by atoms with Gasteiger partial charge in [-0.3, -0.25) is 9.59 Å². The molecule has 26 heavy (non-hydrogen) atoms. The Morgan fingerprint density at radius 2 is 1.96 bits per heavy atom. The number of aliphatic carboxylic acids is 1. The molecule has 0 spiro atoms. The standard InChI is InChI=1S/C17H24N2O6S/c1-12-3-4-14(26(23,24)18-7-10-25-2)11-15(12)16(20)19-8-5-13(6-9-19)17(21)22/h3-4,11,13,18H,5-10H2,1-2H3,(H,21,22). The molecule has 0 bridgehead atoms. The van der Waals surface area contributed by atoms with Gasteiger partial charge in [-0.15, -0.1) is 0 Å². The van der Waals surface area contributed by atoms with Gasteiger partial charge in [0.1, 0.15) is 0 Å². The van der Waals surface area contributed by atoms with Crippen molar-refractivity contribution < 1.29 is 27.9 Å². The number of carboxylic acid groups (broad SMARTS) is 1. The van der Waals surface area contributed by atoms with Crippen LogP contribution < -0.4 is 4.72 Å². The van der Waals surface area contributed by atoms with E-state index < -0.39 is 21.9 Å². The molecule has 0 unspecified atom stereocenters. The number of amides is 1. The maximum atomic E-state index is 12.8. The molecule has 1 heterocycles. The van der Waals surface area contributed by atoms with Crippen LogP contribution in [0.5, 0.6) is 0 Å². The van der Waals surface area contributed by atoms with Gasteiger partial charge in [-0.05, 0) is 37.5 Å². The Kier molecular flexibility index (Phi) is 6.74. The first-order chi connectivity index (χ1) is 12.3. The van der Waals surface area contributed by atoms with E-state index in [1.54, 1.807) is 17.9 Å². The number of sulfonamides is 1. The van der Waals surface area contributed by atoms with Crippen LogP contribution in [-0.4, -0.2) is 63.7 Å². The molecule has 0 aromatic heterocycles. The average molecular weight is 384 g/mol. The zero-order chi connectivity index (χ0) is 19.3. The number of carboxylic acids is 1. The number of rotatable bonds is 7. The normalized spacial score (nSPS) is 15.8. The minimum Gasteiger partial charge on any atom is -0.481 e. The van der Waals surface area contributed by atoms with E-state index in [9.17, 15) is 18.0 Å². The van der Waals surface area contributed by atoms with Crippen LogP contribution in [0.25, 0.3) is 0 Å². The second-order valence-electron chi connectivity index (χ2n) is 6.27. The molecule has 144 valence electrons. The number of carbonyl (C=O) groups excluding carboxylic acids is 1. The summed E-state index contributed by atoms with van der Waals surface area (Å²) in [7, 11) is -2.26. The molecule has 2 rings (SSSR count). The lowest BCUT2D eigenvalue weighted by Gasteiger charge is -2.30. The van der Waals surface area contributed by atoms with Gasteiger partial charge in [0.05, 0.1) is 17.4 Å². The second-order valence-corrected chi connectivity index (χ2v) is 8.04. The number of methoxy groups -OCH3 is 1. The van der Waals surface area contributed by atoms with Crippen molar-refractivity contribution in [3.63, 3.8) is 0 Å². The van der Waals surface area contributed by atoms with E-state index in [0.717, 1.165) is 0 Å². The van der Waals surface area contributed by atoms with Crippen molar-refractivity contribution in [1.29, 1.82) is 0 Å². The number of aryl methyl sites for hydroxylation is 1. The first-order valence-electron chi connectivity index (χ1n) is 8.37. The number of hydrogen-bond acceptors (Lipinski definition) is 5. The number of nitrogens with one attached hydrogen (secondary N) is 1. The Hall–Kier alpha value is -1.97. The van der Waals surface area contributed by atoms with Gasteiger partial charge in [0.25, 0.3) is 5.91 Å². The molecule has 9 heteroatoms. The highest BCUT2D eigenvalue weighted by Crippen LogP contribution is 2.22. The highest BCUT2D eigenvalue weighted by atomic mass is 32.2. The molecule has 0 aliphatic carbocycles. The van der Waals surface area contributed by atoms with Crippen LogP contribution in [0.2, 0.25) is 0 Å². The number of carbonyl (C=O) groups is 2. The summed E-state index contributed by atoms with van der Waals surface area (Å²) >= 11 is 0. The van der Waals surface area contributed by atoms with E-state index in [4.69, 9.17) is 9.84 Å². The van der Waals surface area contributed by atoms with Crippen LogP contribution in [0.3, 0.4) is 0 Å². The van der Waals surface area contributed by atoms with Crippen molar-refractivity contribution in [2.24, 2.45) is 5.92 Å². The molecule has 1 aliphatic heterocycles. The molecule has 0 radical (unpaired) electrons. The number of ether oxygens (including phenoxy) is 1. The number of piperidine rings is 1. The van der Waals surface area contributed by atoms with Crippen molar-refractivity contribution in [2.75, 3.05) is 33.4 Å². The van der Waals surface area contributed by atoms with Crippen LogP contribution in [-0.2, 0) is 19.6 Å². The fraction of sp³-hybridized carbons (Fsp3) is 0.529. The van der Waals surface area contributed by atoms with Gasteiger partial charge in [0, 0.05) is 32.3 Å². The van der Waals surface area contributed by atoms with Crippen molar-refractivity contribution >= 4 is 21.9 Å². The molecule has 2 N–H and O–H groups in total. The molecule has 0 atom stereocenters. The third-order valence-corrected chi connectivity index (χ3v) is 5.94. The summed E-state index contributed by atoms with van der Waals surface area (Å²) in [4.78, 5) is 25.4. The van der Waals surface area contributed by atoms with Gasteiger partial charge in [0.15, 0.2) is 0 Å². The van der Waals surface area contributed by atoms with E-state index in [2.05, 4.69) is 4.72 Å². The number of nitrogens with zero attached hydrogens (tertiary/aromatic N) is 1. The highest BCUT2D eigenvalue weighted by molar-refractivity contribution is 7.89. The summed E-state index contributed by atoms with van der Waals surface area (Å²) < 4.78 is 31.9. The molecule has 1 saturated heterocycles. The van der Waals surface area contributed by atoms with Crippen molar-refractivity contribution in [3.8, 4) is 0 Å². The Balaban J connectivity index is 2.17. The lowest BCUT2D eigenvalue weighted by atomic mass is 9.96. The maximum Gasteiger partial charge on any atom is 0.306 e. The van der Waals surface area contributed by atoms with E-state index in [-0.39, 0.29) is 24.0 Å². The average Bonchev–Trinajstić information content (AvgIpc) is 2.61. The Labute approximate surface area is 153 Å². The number of hydrogen-bond donors (Lipinski definition) is 2. The zero-order valence-corrected chi connectivity index (χ0v) is 15.7. The molecule has 1 aromatic carbocycles. The van der Waals surface area contributed by atoms with Crippen LogP contribution in [0.1, 0.15) is 28.8 Å². The number of benzene rings is 1. The first kappa shape index (κ1) is 20.3. The summed E-state index contributed by atoms with van der Waals surface area (Å²) in [5.41, 5.74) is 0.986. The van der Waals surface area contributed by atoms with Crippen molar-refractivity contribution in [2.45, 2.75) is 24.7 Å². The van der Waals surface area contributed by atoms with E-state index in [1.807, 2.05) is 0 Å². The predicted molar refractivity (Wildman–Crippen MR) is 94.5 cm³/mol. The van der Waals surface area contributed by atoms with E-state index in [0.29, 0.717) is 37.1 Å². The Bertz CT molecular complexity index is 769. The smallest absolute Gasteiger partial charge is 0.306 e. The quantitative estimate of drug-likeness (QED) is 0.674. The Morgan fingerprint density at radius 1 is 1.31 bits per heavy atom. The van der Waals surface area contributed by atoms with Crippen molar-refractivity contribution in [1.82, 2.24) is 9.62 Å². The third-order valence-electron chi connectivity index (χ3n) is 4.48. The largest absolute Gasteiger partial charge is 0.481 e. The zero-order valence-electron chi connectivity index (χ0n) is 14.9. The summed E-state index contributed by atoms with van der Waals surface area (Å²) in [6.07, 6.45) is 0.799. The third kappa shape index (κ3) is 4.80. The maximum absolute atomic E-state index is 12.8. The Morgan fingerprint density at radius 3 is 2.54 bits per heavy atom. The topological polar surface area (TPSA) is 113 Å². The summed E-state index contributed by atoms with van der Waals surface area (Å²) in [6.45, 7) is 2.82. The summed E-state index contributed by atoms with van der Waals surface area (Å²) in [6, 6.07) is 4.43. The summed E-state index contributed by atoms with van der Waals surface area (Å²) in [5.74, 6) is -1.55. The molecular weight excluding hydrogens is 360 g/mol. The van der Waals surface area contributed by atoms with Gasteiger partial charge >= 0.3 is 5.97 Å². The van der Waals surface area contributed by atoms with Crippen LogP contribution in [0.4, 0.5) is 0 Å².